The van der Waals surface area contributed by atoms with Crippen molar-refractivity contribution in [3.05, 3.63) is 65.0 Å². The number of nitriles is 1. The molecular weight excluding hydrogens is 633 g/mol. The van der Waals surface area contributed by atoms with E-state index < -0.39 is 0 Å². The van der Waals surface area contributed by atoms with Gasteiger partial charge in [-0.3, -0.25) is 14.6 Å². The molecule has 9 atom stereocenters. The number of aliphatic hydroxyl groups is 1. The lowest BCUT2D eigenvalue weighted by Crippen LogP contribution is -2.67. The van der Waals surface area contributed by atoms with Crippen LogP contribution in [0.5, 0.6) is 0 Å². The van der Waals surface area contributed by atoms with Gasteiger partial charge < -0.3 is 15.7 Å². The number of aliphatic hydroxyl groups excluding tert-OH is 1. The lowest BCUT2D eigenvalue weighted by Gasteiger charge is -2.72. The summed E-state index contributed by atoms with van der Waals surface area (Å²) >= 11 is 0. The van der Waals surface area contributed by atoms with Crippen molar-refractivity contribution in [1.29, 1.82) is 5.26 Å². The van der Waals surface area contributed by atoms with Gasteiger partial charge in [0.1, 0.15) is 6.07 Å². The van der Waals surface area contributed by atoms with Crippen molar-refractivity contribution >= 4 is 11.8 Å². The van der Waals surface area contributed by atoms with Crippen molar-refractivity contribution in [3.63, 3.8) is 0 Å². The van der Waals surface area contributed by atoms with Gasteiger partial charge in [-0.25, -0.2) is 0 Å². The fourth-order valence-corrected chi connectivity index (χ4v) is 12.8. The highest BCUT2D eigenvalue weighted by Crippen LogP contribution is 2.75. The number of carbonyl (C=O) groups is 2. The fraction of sp³-hybridized carbons (Fsp3) is 0.682. The van der Waals surface area contributed by atoms with E-state index >= 15 is 0 Å². The van der Waals surface area contributed by atoms with E-state index in [4.69, 9.17) is 5.26 Å². The number of aromatic nitrogens is 1. The molecule has 1 aromatic carbocycles. The van der Waals surface area contributed by atoms with Gasteiger partial charge in [-0.15, -0.1) is 0 Å². The molecule has 7 nitrogen and oxygen atoms in total. The molecule has 51 heavy (non-hydrogen) atoms. The maximum Gasteiger partial charge on any atom is 0.251 e. The zero-order valence-corrected chi connectivity index (χ0v) is 32.3. The summed E-state index contributed by atoms with van der Waals surface area (Å²) in [7, 11) is 0. The van der Waals surface area contributed by atoms with Gasteiger partial charge in [-0.05, 0) is 139 Å². The van der Waals surface area contributed by atoms with Gasteiger partial charge in [0, 0.05) is 18.3 Å². The first kappa shape index (κ1) is 37.5. The maximum atomic E-state index is 14.4. The number of nitrogens with one attached hydrogen (secondary N) is 2. The molecule has 2 aromatic rings. The Kier molecular flexibility index (Phi) is 10.3. The van der Waals surface area contributed by atoms with Crippen LogP contribution in [0.1, 0.15) is 140 Å². The molecule has 4 saturated carbocycles. The standard InChI is InChI=1S/C44H62N4O3/c1-8-19-44(39(51)46-24-18-30-10-9-11-32(25-30)38(50)48-28-33-13-12-31(26-45)27-47-33)23-22-42(6)34(29(44)2)14-15-36-41(5)20-17-37(49)40(3,4)35(41)16-21-43(36,42)7/h9-13,25,27,29,34-37,49H,8,14-24,28H2,1-7H3,(H,46,51)(H,48,50)/t29?,34?,35?,36?,37?,41?,42-,43?,44?/m1/s1. The molecule has 0 spiro atoms. The van der Waals surface area contributed by atoms with Crippen LogP contribution in [0.2, 0.25) is 0 Å². The minimum absolute atomic E-state index is 0.0427. The van der Waals surface area contributed by atoms with E-state index in [1.165, 1.54) is 31.9 Å². The number of fused-ring (bicyclic) bond motifs is 5. The van der Waals surface area contributed by atoms with E-state index in [1.54, 1.807) is 18.2 Å². The third kappa shape index (κ3) is 6.22. The largest absolute Gasteiger partial charge is 0.393 e. The predicted molar refractivity (Wildman–Crippen MR) is 201 cm³/mol. The summed E-state index contributed by atoms with van der Waals surface area (Å²) < 4.78 is 0. The molecule has 276 valence electrons. The number of rotatable bonds is 9. The zero-order valence-electron chi connectivity index (χ0n) is 32.3. The molecular formula is C44H62N4O3. The van der Waals surface area contributed by atoms with Gasteiger partial charge in [0.15, 0.2) is 0 Å². The molecule has 4 fully saturated rings. The van der Waals surface area contributed by atoms with Crippen LogP contribution in [-0.4, -0.2) is 34.6 Å². The molecule has 6 rings (SSSR count). The van der Waals surface area contributed by atoms with Crippen LogP contribution in [0.15, 0.2) is 42.6 Å². The summed E-state index contributed by atoms with van der Waals surface area (Å²) in [6, 6.07) is 13.1. The number of benzene rings is 1. The van der Waals surface area contributed by atoms with Crippen LogP contribution in [-0.2, 0) is 17.8 Å². The second-order valence-corrected chi connectivity index (χ2v) is 18.3. The predicted octanol–water partition coefficient (Wildman–Crippen LogP) is 8.39. The van der Waals surface area contributed by atoms with E-state index in [0.717, 1.165) is 44.1 Å². The zero-order chi connectivity index (χ0) is 36.8. The number of carbonyl (C=O) groups excluding carboxylic acids is 2. The quantitative estimate of drug-likeness (QED) is 0.244. The van der Waals surface area contributed by atoms with Gasteiger partial charge >= 0.3 is 0 Å². The highest BCUT2D eigenvalue weighted by Gasteiger charge is 2.69. The van der Waals surface area contributed by atoms with Crippen molar-refractivity contribution in [2.45, 2.75) is 132 Å². The van der Waals surface area contributed by atoms with Crippen LogP contribution in [0.4, 0.5) is 0 Å². The number of hydrogen-bond acceptors (Lipinski definition) is 5. The second kappa shape index (κ2) is 14.0. The van der Waals surface area contributed by atoms with E-state index in [0.29, 0.717) is 53.5 Å². The van der Waals surface area contributed by atoms with Gasteiger partial charge in [0.2, 0.25) is 5.91 Å². The minimum atomic E-state index is -0.360. The normalized spacial score (nSPS) is 36.8. The lowest BCUT2D eigenvalue weighted by atomic mass is 9.32. The van der Waals surface area contributed by atoms with E-state index in [1.807, 2.05) is 18.2 Å². The topological polar surface area (TPSA) is 115 Å². The Balaban J connectivity index is 1.11. The maximum absolute atomic E-state index is 14.4. The van der Waals surface area contributed by atoms with E-state index in [9.17, 15) is 14.7 Å². The summed E-state index contributed by atoms with van der Waals surface area (Å²) in [4.78, 5) is 31.6. The molecule has 0 bridgehead atoms. The Hall–Kier alpha value is -3.24. The van der Waals surface area contributed by atoms with Crippen molar-refractivity contribution in [1.82, 2.24) is 15.6 Å². The molecule has 1 aromatic heterocycles. The second-order valence-electron chi connectivity index (χ2n) is 18.3. The van der Waals surface area contributed by atoms with Crippen LogP contribution >= 0.6 is 0 Å². The first-order valence-electron chi connectivity index (χ1n) is 19.8. The molecule has 0 saturated heterocycles. The van der Waals surface area contributed by atoms with E-state index in [2.05, 4.69) is 70.2 Å². The molecule has 0 aliphatic heterocycles. The Morgan fingerprint density at radius 1 is 0.941 bits per heavy atom. The van der Waals surface area contributed by atoms with Crippen LogP contribution in [0.3, 0.4) is 0 Å². The monoisotopic (exact) mass is 694 g/mol. The lowest BCUT2D eigenvalue weighted by molar-refractivity contribution is -0.246. The van der Waals surface area contributed by atoms with Gasteiger partial charge in [-0.2, -0.15) is 5.26 Å². The molecule has 4 aliphatic carbocycles. The molecule has 1 heterocycles. The van der Waals surface area contributed by atoms with Gasteiger partial charge in [0.05, 0.1) is 29.3 Å². The summed E-state index contributed by atoms with van der Waals surface area (Å²) in [5.74, 6) is 2.07. The molecule has 7 heteroatoms. The molecule has 2 amide bonds. The summed E-state index contributed by atoms with van der Waals surface area (Å²) in [6.45, 7) is 17.9. The van der Waals surface area contributed by atoms with Gasteiger partial charge in [0.25, 0.3) is 5.91 Å². The summed E-state index contributed by atoms with van der Waals surface area (Å²) in [5.41, 5.74) is 3.05. The first-order chi connectivity index (χ1) is 24.2. The minimum Gasteiger partial charge on any atom is -0.393 e. The van der Waals surface area contributed by atoms with Crippen molar-refractivity contribution < 1.29 is 14.7 Å². The Morgan fingerprint density at radius 3 is 2.43 bits per heavy atom. The number of amides is 2. The van der Waals surface area contributed by atoms with E-state index in [-0.39, 0.29) is 51.5 Å². The molecule has 0 radical (unpaired) electrons. The third-order valence-electron chi connectivity index (χ3n) is 15.9. The highest BCUT2D eigenvalue weighted by atomic mass is 16.3. The summed E-state index contributed by atoms with van der Waals surface area (Å²) in [6.07, 6.45) is 12.8. The van der Waals surface area contributed by atoms with Gasteiger partial charge in [-0.1, -0.05) is 67.0 Å². The number of pyridine rings is 1. The smallest absolute Gasteiger partial charge is 0.251 e. The molecule has 8 unspecified atom stereocenters. The van der Waals surface area contributed by atoms with Crippen LogP contribution < -0.4 is 10.6 Å². The Morgan fingerprint density at radius 2 is 1.73 bits per heavy atom. The highest BCUT2D eigenvalue weighted by molar-refractivity contribution is 5.94. The van der Waals surface area contributed by atoms with Crippen LogP contribution in [0.25, 0.3) is 0 Å². The average Bonchev–Trinajstić information content (AvgIpc) is 3.11. The Bertz CT molecular complexity index is 1650. The number of nitrogens with zero attached hydrogens (tertiary/aromatic N) is 2. The van der Waals surface area contributed by atoms with Crippen molar-refractivity contribution in [2.75, 3.05) is 6.54 Å². The Labute approximate surface area is 306 Å². The fourth-order valence-electron chi connectivity index (χ4n) is 12.8. The SMILES string of the molecule is CCCC1(C(=O)NCCc2cccc(C(=O)NCc3ccc(C#N)cn3)c2)CC[C@]2(C)C(CCC3C4(C)CCC(O)C(C)(C)C4CCC32C)C1C. The number of hydrogen-bond donors (Lipinski definition) is 3. The molecule has 3 N–H and O–H groups in total. The third-order valence-corrected chi connectivity index (χ3v) is 15.9. The first-order valence-corrected chi connectivity index (χ1v) is 19.8. The van der Waals surface area contributed by atoms with Crippen molar-refractivity contribution in [3.8, 4) is 6.07 Å². The summed E-state index contributed by atoms with van der Waals surface area (Å²) in [5, 5.41) is 26.4. The molecule has 4 aliphatic rings. The van der Waals surface area contributed by atoms with Crippen LogP contribution in [0, 0.1) is 62.1 Å². The average molecular weight is 695 g/mol. The van der Waals surface area contributed by atoms with Crippen molar-refractivity contribution in [2.24, 2.45) is 50.7 Å².